The zero-order valence-corrected chi connectivity index (χ0v) is 9.87. The van der Waals surface area contributed by atoms with E-state index in [1.165, 1.54) is 45.2 Å². The van der Waals surface area contributed by atoms with Gasteiger partial charge in [-0.3, -0.25) is 0 Å². The molecule has 2 aliphatic heterocycles. The Balaban J connectivity index is 1.54. The summed E-state index contributed by atoms with van der Waals surface area (Å²) in [4.78, 5) is 2.40. The molecule has 2 heterocycles. The van der Waals surface area contributed by atoms with Crippen LogP contribution in [-0.2, 0) is 4.74 Å². The third kappa shape index (κ3) is 3.74. The van der Waals surface area contributed by atoms with E-state index in [-0.39, 0.29) is 0 Å². The highest BCUT2D eigenvalue weighted by atomic mass is 16.5. The van der Waals surface area contributed by atoms with Crippen molar-refractivity contribution in [2.24, 2.45) is 0 Å². The van der Waals surface area contributed by atoms with Crippen molar-refractivity contribution in [2.45, 2.75) is 44.2 Å². The molecule has 0 aromatic heterocycles. The summed E-state index contributed by atoms with van der Waals surface area (Å²) in [6.45, 7) is 4.57. The van der Waals surface area contributed by atoms with Gasteiger partial charge in [0.05, 0.1) is 6.10 Å². The topological polar surface area (TPSA) is 24.5 Å². The van der Waals surface area contributed by atoms with Crippen LogP contribution in [0.15, 0.2) is 0 Å². The lowest BCUT2D eigenvalue weighted by Gasteiger charge is -2.23. The molecule has 0 bridgehead atoms. The highest BCUT2D eigenvalue weighted by Gasteiger charge is 2.19. The van der Waals surface area contributed by atoms with E-state index < -0.39 is 0 Å². The summed E-state index contributed by atoms with van der Waals surface area (Å²) in [6.07, 6.45) is 6.92. The molecule has 2 fully saturated rings. The standard InChI is InChI=1S/C12H24N2O/c1-14-8-6-11(10-14)13-7-5-12-4-2-3-9-15-12/h11-13H,2-10H2,1H3. The van der Waals surface area contributed by atoms with Crippen molar-refractivity contribution in [1.82, 2.24) is 10.2 Å². The second-order valence-corrected chi connectivity index (χ2v) is 4.98. The third-order valence-electron chi connectivity index (χ3n) is 3.56. The van der Waals surface area contributed by atoms with Gasteiger partial charge in [0.1, 0.15) is 0 Å². The van der Waals surface area contributed by atoms with Crippen LogP contribution in [0.25, 0.3) is 0 Å². The van der Waals surface area contributed by atoms with Crippen LogP contribution in [-0.4, -0.2) is 50.3 Å². The number of likely N-dealkylation sites (tertiary alicyclic amines) is 1. The molecule has 3 nitrogen and oxygen atoms in total. The fourth-order valence-electron chi connectivity index (χ4n) is 2.59. The normalized spacial score (nSPS) is 33.4. The van der Waals surface area contributed by atoms with Gasteiger partial charge in [-0.2, -0.15) is 0 Å². The van der Waals surface area contributed by atoms with Gasteiger partial charge in [-0.05, 0) is 52.2 Å². The Hall–Kier alpha value is -0.120. The monoisotopic (exact) mass is 212 g/mol. The number of ether oxygens (including phenoxy) is 1. The molecule has 15 heavy (non-hydrogen) atoms. The average Bonchev–Trinajstić information content (AvgIpc) is 2.66. The number of nitrogens with one attached hydrogen (secondary N) is 1. The van der Waals surface area contributed by atoms with E-state index in [1.807, 2.05) is 0 Å². The summed E-state index contributed by atoms with van der Waals surface area (Å²) in [5.41, 5.74) is 0. The predicted octanol–water partition coefficient (Wildman–Crippen LogP) is 1.24. The van der Waals surface area contributed by atoms with Crippen LogP contribution in [0.2, 0.25) is 0 Å². The maximum Gasteiger partial charge on any atom is 0.0587 e. The number of likely N-dealkylation sites (N-methyl/N-ethyl adjacent to an activating group) is 1. The van der Waals surface area contributed by atoms with Crippen molar-refractivity contribution in [3.05, 3.63) is 0 Å². The molecule has 3 heteroatoms. The lowest BCUT2D eigenvalue weighted by atomic mass is 10.1. The van der Waals surface area contributed by atoms with Crippen molar-refractivity contribution < 1.29 is 4.74 Å². The second kappa shape index (κ2) is 5.83. The van der Waals surface area contributed by atoms with Crippen LogP contribution < -0.4 is 5.32 Å². The number of rotatable bonds is 4. The Bertz CT molecular complexity index is 176. The Morgan fingerprint density at radius 1 is 1.33 bits per heavy atom. The van der Waals surface area contributed by atoms with Gasteiger partial charge in [-0.15, -0.1) is 0 Å². The Morgan fingerprint density at radius 2 is 2.27 bits per heavy atom. The molecule has 0 aromatic carbocycles. The van der Waals surface area contributed by atoms with Gasteiger partial charge in [-0.25, -0.2) is 0 Å². The average molecular weight is 212 g/mol. The minimum Gasteiger partial charge on any atom is -0.378 e. The second-order valence-electron chi connectivity index (χ2n) is 4.98. The summed E-state index contributed by atoms with van der Waals surface area (Å²) in [7, 11) is 2.20. The Labute approximate surface area is 93.2 Å². The van der Waals surface area contributed by atoms with Crippen molar-refractivity contribution >= 4 is 0 Å². The minimum absolute atomic E-state index is 0.533. The minimum atomic E-state index is 0.533. The SMILES string of the molecule is CN1CCC(NCCC2CCCCO2)C1. The summed E-state index contributed by atoms with van der Waals surface area (Å²) < 4.78 is 5.71. The molecule has 2 unspecified atom stereocenters. The molecule has 2 saturated heterocycles. The molecule has 0 aromatic rings. The van der Waals surface area contributed by atoms with Crippen LogP contribution in [0.3, 0.4) is 0 Å². The molecule has 0 radical (unpaired) electrons. The highest BCUT2D eigenvalue weighted by molar-refractivity contribution is 4.79. The van der Waals surface area contributed by atoms with E-state index in [1.54, 1.807) is 0 Å². The van der Waals surface area contributed by atoms with Crippen molar-refractivity contribution in [1.29, 1.82) is 0 Å². The van der Waals surface area contributed by atoms with Crippen molar-refractivity contribution in [2.75, 3.05) is 33.3 Å². The Kier molecular flexibility index (Phi) is 4.42. The van der Waals surface area contributed by atoms with Crippen LogP contribution in [0.5, 0.6) is 0 Å². The smallest absolute Gasteiger partial charge is 0.0587 e. The maximum absolute atomic E-state index is 5.71. The molecule has 0 spiro atoms. The zero-order valence-electron chi connectivity index (χ0n) is 9.87. The first-order chi connectivity index (χ1) is 7.34. The third-order valence-corrected chi connectivity index (χ3v) is 3.56. The molecule has 2 rings (SSSR count). The zero-order chi connectivity index (χ0) is 10.5. The van der Waals surface area contributed by atoms with E-state index in [4.69, 9.17) is 4.74 Å². The highest BCUT2D eigenvalue weighted by Crippen LogP contribution is 2.15. The molecular formula is C12H24N2O. The number of nitrogens with zero attached hydrogens (tertiary/aromatic N) is 1. The first kappa shape index (κ1) is 11.4. The quantitative estimate of drug-likeness (QED) is 0.759. The molecule has 2 atom stereocenters. The first-order valence-electron chi connectivity index (χ1n) is 6.38. The van der Waals surface area contributed by atoms with E-state index >= 15 is 0 Å². The van der Waals surface area contributed by atoms with Crippen molar-refractivity contribution in [3.8, 4) is 0 Å². The van der Waals surface area contributed by atoms with Gasteiger partial charge in [0.15, 0.2) is 0 Å². The van der Waals surface area contributed by atoms with Gasteiger partial charge in [0.25, 0.3) is 0 Å². The summed E-state index contributed by atoms with van der Waals surface area (Å²) >= 11 is 0. The molecule has 0 aliphatic carbocycles. The predicted molar refractivity (Wildman–Crippen MR) is 62.1 cm³/mol. The molecule has 88 valence electrons. The fourth-order valence-corrected chi connectivity index (χ4v) is 2.59. The summed E-state index contributed by atoms with van der Waals surface area (Å²) in [5.74, 6) is 0. The lowest BCUT2D eigenvalue weighted by molar-refractivity contribution is 0.0112. The number of hydrogen-bond donors (Lipinski definition) is 1. The molecule has 2 aliphatic rings. The Morgan fingerprint density at radius 3 is 2.93 bits per heavy atom. The molecule has 1 N–H and O–H groups in total. The molecular weight excluding hydrogens is 188 g/mol. The van der Waals surface area contributed by atoms with E-state index in [9.17, 15) is 0 Å². The van der Waals surface area contributed by atoms with Gasteiger partial charge in [0, 0.05) is 19.2 Å². The van der Waals surface area contributed by atoms with Crippen molar-refractivity contribution in [3.63, 3.8) is 0 Å². The largest absolute Gasteiger partial charge is 0.378 e. The van der Waals surface area contributed by atoms with Gasteiger partial charge >= 0.3 is 0 Å². The van der Waals surface area contributed by atoms with E-state index in [2.05, 4.69) is 17.3 Å². The van der Waals surface area contributed by atoms with Crippen LogP contribution in [0, 0.1) is 0 Å². The van der Waals surface area contributed by atoms with Crippen LogP contribution in [0.4, 0.5) is 0 Å². The van der Waals surface area contributed by atoms with E-state index in [0.717, 1.165) is 19.2 Å². The van der Waals surface area contributed by atoms with Gasteiger partial charge in [0.2, 0.25) is 0 Å². The maximum atomic E-state index is 5.71. The number of hydrogen-bond acceptors (Lipinski definition) is 3. The summed E-state index contributed by atoms with van der Waals surface area (Å²) in [5, 5.41) is 3.64. The van der Waals surface area contributed by atoms with Crippen LogP contribution in [0.1, 0.15) is 32.1 Å². The first-order valence-corrected chi connectivity index (χ1v) is 6.38. The molecule has 0 saturated carbocycles. The molecule has 0 amide bonds. The van der Waals surface area contributed by atoms with Crippen LogP contribution >= 0.6 is 0 Å². The fraction of sp³-hybridized carbons (Fsp3) is 1.00. The van der Waals surface area contributed by atoms with E-state index in [0.29, 0.717) is 6.10 Å². The van der Waals surface area contributed by atoms with Gasteiger partial charge in [-0.1, -0.05) is 0 Å². The summed E-state index contributed by atoms with van der Waals surface area (Å²) in [6, 6.07) is 0.721. The van der Waals surface area contributed by atoms with Gasteiger partial charge < -0.3 is 15.0 Å². The lowest BCUT2D eigenvalue weighted by Crippen LogP contribution is -2.34.